The van der Waals surface area contributed by atoms with Gasteiger partial charge in [0.05, 0.1) is 7.11 Å². The number of nitrogens with two attached hydrogens (primary N) is 1. The summed E-state index contributed by atoms with van der Waals surface area (Å²) in [5.74, 6) is 0.829. The number of ether oxygens (including phenoxy) is 1. The molecule has 4 heteroatoms. The van der Waals surface area contributed by atoms with E-state index in [0.717, 1.165) is 38.1 Å². The molecule has 4 nitrogen and oxygen atoms in total. The van der Waals surface area contributed by atoms with E-state index in [1.807, 2.05) is 0 Å². The second kappa shape index (κ2) is 6.44. The zero-order valence-corrected chi connectivity index (χ0v) is 13.2. The first-order valence-electron chi connectivity index (χ1n) is 8.10. The zero-order chi connectivity index (χ0) is 14.8. The summed E-state index contributed by atoms with van der Waals surface area (Å²) in [5, 5.41) is 0. The van der Waals surface area contributed by atoms with Gasteiger partial charge in [-0.2, -0.15) is 0 Å². The molecule has 0 bridgehead atoms. The van der Waals surface area contributed by atoms with Crippen LogP contribution >= 0.6 is 0 Å². The standard InChI is InChI=1S/C16H30N2O2/c1-12-6-5-10-18(13(12)2)11-8-14-7-4-9-16(14,17)15(19)20-3/h12-14H,4-11,17H2,1-3H3. The van der Waals surface area contributed by atoms with Gasteiger partial charge >= 0.3 is 5.97 Å². The summed E-state index contributed by atoms with van der Waals surface area (Å²) in [6, 6.07) is 0.649. The van der Waals surface area contributed by atoms with E-state index in [-0.39, 0.29) is 11.9 Å². The molecule has 0 spiro atoms. The van der Waals surface area contributed by atoms with Gasteiger partial charge in [0.1, 0.15) is 5.54 Å². The molecule has 0 aromatic heterocycles. The number of rotatable bonds is 4. The lowest BCUT2D eigenvalue weighted by Crippen LogP contribution is -2.53. The number of esters is 1. The van der Waals surface area contributed by atoms with Crippen molar-refractivity contribution in [2.75, 3.05) is 20.2 Å². The Morgan fingerprint density at radius 3 is 2.80 bits per heavy atom. The second-order valence-electron chi connectivity index (χ2n) is 6.81. The number of nitrogens with zero attached hydrogens (tertiary/aromatic N) is 1. The van der Waals surface area contributed by atoms with Crippen molar-refractivity contribution in [1.82, 2.24) is 4.90 Å². The molecule has 1 saturated carbocycles. The Kier molecular flexibility index (Phi) is 5.08. The van der Waals surface area contributed by atoms with E-state index in [0.29, 0.717) is 6.04 Å². The first kappa shape index (κ1) is 15.8. The Morgan fingerprint density at radius 2 is 2.10 bits per heavy atom. The average Bonchev–Trinajstić information content (AvgIpc) is 2.82. The van der Waals surface area contributed by atoms with Crippen molar-refractivity contribution in [3.63, 3.8) is 0 Å². The van der Waals surface area contributed by atoms with Gasteiger partial charge in [-0.25, -0.2) is 0 Å². The Balaban J connectivity index is 1.91. The van der Waals surface area contributed by atoms with Crippen LogP contribution in [0.25, 0.3) is 0 Å². The minimum Gasteiger partial charge on any atom is -0.468 e. The molecule has 1 aliphatic carbocycles. The van der Waals surface area contributed by atoms with Gasteiger partial charge in [0.2, 0.25) is 0 Å². The van der Waals surface area contributed by atoms with Crippen LogP contribution in [0.4, 0.5) is 0 Å². The highest BCUT2D eigenvalue weighted by Gasteiger charge is 2.46. The molecule has 2 fully saturated rings. The molecule has 4 atom stereocenters. The van der Waals surface area contributed by atoms with E-state index in [9.17, 15) is 4.79 Å². The Bertz CT molecular complexity index is 347. The van der Waals surface area contributed by atoms with Gasteiger partial charge in [0, 0.05) is 6.04 Å². The van der Waals surface area contributed by atoms with E-state index >= 15 is 0 Å². The molecule has 20 heavy (non-hydrogen) atoms. The number of methoxy groups -OCH3 is 1. The zero-order valence-electron chi connectivity index (χ0n) is 13.2. The van der Waals surface area contributed by atoms with Crippen LogP contribution in [0.15, 0.2) is 0 Å². The fourth-order valence-corrected chi connectivity index (χ4v) is 4.02. The highest BCUT2D eigenvalue weighted by atomic mass is 16.5. The molecule has 1 heterocycles. The average molecular weight is 282 g/mol. The summed E-state index contributed by atoms with van der Waals surface area (Å²) in [6.45, 7) is 6.92. The van der Waals surface area contributed by atoms with Crippen LogP contribution in [-0.4, -0.2) is 42.6 Å². The number of likely N-dealkylation sites (tertiary alicyclic amines) is 1. The molecule has 2 N–H and O–H groups in total. The van der Waals surface area contributed by atoms with Crippen LogP contribution in [0.5, 0.6) is 0 Å². The summed E-state index contributed by atoms with van der Waals surface area (Å²) in [4.78, 5) is 14.5. The molecule has 2 rings (SSSR count). The smallest absolute Gasteiger partial charge is 0.326 e. The lowest BCUT2D eigenvalue weighted by Gasteiger charge is -2.39. The van der Waals surface area contributed by atoms with E-state index < -0.39 is 5.54 Å². The van der Waals surface area contributed by atoms with Crippen molar-refractivity contribution in [2.45, 2.75) is 64.0 Å². The van der Waals surface area contributed by atoms with Crippen molar-refractivity contribution in [1.29, 1.82) is 0 Å². The SMILES string of the molecule is COC(=O)C1(N)CCCC1CCN1CCCC(C)C1C. The highest BCUT2D eigenvalue weighted by molar-refractivity contribution is 5.81. The van der Waals surface area contributed by atoms with Gasteiger partial charge in [0.15, 0.2) is 0 Å². The van der Waals surface area contributed by atoms with Crippen LogP contribution in [0.3, 0.4) is 0 Å². The predicted octanol–water partition coefficient (Wildman–Crippen LogP) is 2.17. The van der Waals surface area contributed by atoms with Crippen molar-refractivity contribution in [3.05, 3.63) is 0 Å². The maximum absolute atomic E-state index is 12.0. The highest BCUT2D eigenvalue weighted by Crippen LogP contribution is 2.37. The van der Waals surface area contributed by atoms with Crippen molar-refractivity contribution < 1.29 is 9.53 Å². The van der Waals surface area contributed by atoms with Crippen LogP contribution < -0.4 is 5.73 Å². The summed E-state index contributed by atoms with van der Waals surface area (Å²) in [7, 11) is 1.45. The monoisotopic (exact) mass is 282 g/mol. The van der Waals surface area contributed by atoms with Crippen LogP contribution in [0.1, 0.15) is 52.4 Å². The first-order chi connectivity index (χ1) is 9.49. The summed E-state index contributed by atoms with van der Waals surface area (Å²) < 4.78 is 4.92. The third-order valence-corrected chi connectivity index (χ3v) is 5.71. The van der Waals surface area contributed by atoms with E-state index in [2.05, 4.69) is 18.7 Å². The summed E-state index contributed by atoms with van der Waals surface area (Å²) >= 11 is 0. The van der Waals surface area contributed by atoms with Gasteiger partial charge in [-0.3, -0.25) is 4.79 Å². The van der Waals surface area contributed by atoms with Crippen molar-refractivity contribution in [3.8, 4) is 0 Å². The fourth-order valence-electron chi connectivity index (χ4n) is 4.02. The molecule has 0 amide bonds. The number of hydrogen-bond acceptors (Lipinski definition) is 4. The van der Waals surface area contributed by atoms with Crippen LogP contribution in [-0.2, 0) is 9.53 Å². The largest absolute Gasteiger partial charge is 0.468 e. The minimum atomic E-state index is -0.737. The topological polar surface area (TPSA) is 55.6 Å². The molecular weight excluding hydrogens is 252 g/mol. The maximum atomic E-state index is 12.0. The molecule has 1 aliphatic heterocycles. The van der Waals surface area contributed by atoms with Crippen LogP contribution in [0, 0.1) is 11.8 Å². The lowest BCUT2D eigenvalue weighted by molar-refractivity contribution is -0.148. The van der Waals surface area contributed by atoms with Crippen LogP contribution in [0.2, 0.25) is 0 Å². The molecule has 4 unspecified atom stereocenters. The molecule has 0 radical (unpaired) electrons. The Labute approximate surface area is 123 Å². The van der Waals surface area contributed by atoms with E-state index in [1.54, 1.807) is 0 Å². The fraction of sp³-hybridized carbons (Fsp3) is 0.938. The maximum Gasteiger partial charge on any atom is 0.326 e. The quantitative estimate of drug-likeness (QED) is 0.803. The summed E-state index contributed by atoms with van der Waals surface area (Å²) in [5.41, 5.74) is 5.61. The molecule has 1 saturated heterocycles. The van der Waals surface area contributed by atoms with Crippen molar-refractivity contribution in [2.24, 2.45) is 17.6 Å². The van der Waals surface area contributed by atoms with Gasteiger partial charge in [-0.1, -0.05) is 13.3 Å². The number of carbonyl (C=O) groups is 1. The predicted molar refractivity (Wildman–Crippen MR) is 80.3 cm³/mol. The minimum absolute atomic E-state index is 0.222. The molecule has 116 valence electrons. The van der Waals surface area contributed by atoms with Crippen molar-refractivity contribution >= 4 is 5.97 Å². The van der Waals surface area contributed by atoms with Gasteiger partial charge in [0.25, 0.3) is 0 Å². The number of carbonyl (C=O) groups excluding carboxylic acids is 1. The Morgan fingerprint density at radius 1 is 1.35 bits per heavy atom. The third kappa shape index (κ3) is 3.01. The summed E-state index contributed by atoms with van der Waals surface area (Å²) in [6.07, 6.45) is 6.52. The molecule has 2 aliphatic rings. The van der Waals surface area contributed by atoms with Gasteiger partial charge in [-0.05, 0) is 64.0 Å². The second-order valence-corrected chi connectivity index (χ2v) is 6.81. The molecular formula is C16H30N2O2. The lowest BCUT2D eigenvalue weighted by atomic mass is 9.84. The van der Waals surface area contributed by atoms with E-state index in [4.69, 9.17) is 10.5 Å². The number of hydrogen-bond donors (Lipinski definition) is 1. The third-order valence-electron chi connectivity index (χ3n) is 5.71. The molecule has 0 aromatic rings. The first-order valence-corrected chi connectivity index (χ1v) is 8.10. The van der Waals surface area contributed by atoms with Gasteiger partial charge in [-0.15, -0.1) is 0 Å². The van der Waals surface area contributed by atoms with E-state index in [1.165, 1.54) is 26.5 Å². The van der Waals surface area contributed by atoms with Gasteiger partial charge < -0.3 is 15.4 Å². The molecule has 0 aromatic carbocycles. The Hall–Kier alpha value is -0.610. The number of piperidine rings is 1. The normalized spacial score (nSPS) is 38.9.